The minimum Gasteiger partial charge on any atom is -0.372 e. The number of nitrogens with one attached hydrogen (secondary N) is 1. The van der Waals surface area contributed by atoms with Gasteiger partial charge in [0.1, 0.15) is 6.54 Å². The number of anilines is 2. The van der Waals surface area contributed by atoms with Crippen LogP contribution in [0.1, 0.15) is 37.3 Å². The molecular formula is C23H29N3O2. The Labute approximate surface area is 167 Å². The molecule has 2 aromatic carbocycles. The van der Waals surface area contributed by atoms with E-state index in [1.165, 1.54) is 36.8 Å². The molecule has 1 aliphatic heterocycles. The van der Waals surface area contributed by atoms with Gasteiger partial charge in [0.05, 0.1) is 0 Å². The first kappa shape index (κ1) is 19.9. The molecule has 1 N–H and O–H groups in total. The van der Waals surface area contributed by atoms with E-state index >= 15 is 0 Å². The molecule has 0 bridgehead atoms. The number of piperidine rings is 1. The molecule has 3 rings (SSSR count). The smallest absolute Gasteiger partial charge is 0.240 e. The van der Waals surface area contributed by atoms with E-state index in [9.17, 15) is 9.59 Å². The fourth-order valence-electron chi connectivity index (χ4n) is 3.60. The van der Waals surface area contributed by atoms with Gasteiger partial charge in [-0.1, -0.05) is 29.8 Å². The van der Waals surface area contributed by atoms with Crippen LogP contribution >= 0.6 is 0 Å². The third kappa shape index (κ3) is 5.35. The lowest BCUT2D eigenvalue weighted by atomic mass is 10.1. The number of benzene rings is 2. The first-order chi connectivity index (χ1) is 13.5. The normalized spacial score (nSPS) is 13.9. The van der Waals surface area contributed by atoms with Crippen molar-refractivity contribution in [2.45, 2.75) is 39.7 Å². The minimum atomic E-state index is -0.170. The topological polar surface area (TPSA) is 52.7 Å². The molecule has 0 spiro atoms. The Kier molecular flexibility index (Phi) is 6.69. The Morgan fingerprint density at radius 3 is 2.39 bits per heavy atom. The van der Waals surface area contributed by atoms with Gasteiger partial charge in [-0.15, -0.1) is 0 Å². The maximum Gasteiger partial charge on any atom is 0.240 e. The molecule has 2 aromatic rings. The number of hydrogen-bond donors (Lipinski definition) is 1. The highest BCUT2D eigenvalue weighted by atomic mass is 16.2. The van der Waals surface area contributed by atoms with Gasteiger partial charge >= 0.3 is 0 Å². The van der Waals surface area contributed by atoms with Crippen LogP contribution in [0.5, 0.6) is 0 Å². The minimum absolute atomic E-state index is 0.0181. The number of carbonyl (C=O) groups is 2. The van der Waals surface area contributed by atoms with E-state index in [2.05, 4.69) is 10.2 Å². The SMILES string of the molecule is CC(=O)N(CC(=O)NCc1cccc(C)c1)c1ccc(N2CCCCC2)cc1. The Bertz CT molecular complexity index is 811. The summed E-state index contributed by atoms with van der Waals surface area (Å²) >= 11 is 0. The quantitative estimate of drug-likeness (QED) is 0.833. The zero-order valence-corrected chi connectivity index (χ0v) is 16.8. The van der Waals surface area contributed by atoms with Crippen LogP contribution < -0.4 is 15.1 Å². The molecule has 5 nitrogen and oxygen atoms in total. The van der Waals surface area contributed by atoms with E-state index in [1.54, 1.807) is 0 Å². The molecule has 148 valence electrons. The van der Waals surface area contributed by atoms with E-state index in [4.69, 9.17) is 0 Å². The van der Waals surface area contributed by atoms with Crippen molar-refractivity contribution in [3.05, 3.63) is 59.7 Å². The average Bonchev–Trinajstić information content (AvgIpc) is 2.71. The predicted octanol–water partition coefficient (Wildman–Crippen LogP) is 3.65. The molecule has 28 heavy (non-hydrogen) atoms. The van der Waals surface area contributed by atoms with Crippen molar-refractivity contribution in [1.29, 1.82) is 0 Å². The fraction of sp³-hybridized carbons (Fsp3) is 0.391. The summed E-state index contributed by atoms with van der Waals surface area (Å²) in [5, 5.41) is 2.90. The van der Waals surface area contributed by atoms with Gasteiger partial charge in [0.25, 0.3) is 0 Å². The number of aryl methyl sites for hydroxylation is 1. The van der Waals surface area contributed by atoms with Gasteiger partial charge in [0, 0.05) is 37.9 Å². The number of rotatable bonds is 6. The predicted molar refractivity (Wildman–Crippen MR) is 114 cm³/mol. The van der Waals surface area contributed by atoms with Crippen molar-refractivity contribution in [3.63, 3.8) is 0 Å². The Morgan fingerprint density at radius 2 is 1.75 bits per heavy atom. The van der Waals surface area contributed by atoms with Gasteiger partial charge in [-0.25, -0.2) is 0 Å². The summed E-state index contributed by atoms with van der Waals surface area (Å²) in [5.74, 6) is -0.312. The van der Waals surface area contributed by atoms with E-state index in [1.807, 2.05) is 55.5 Å². The summed E-state index contributed by atoms with van der Waals surface area (Å²) < 4.78 is 0. The maximum atomic E-state index is 12.4. The zero-order chi connectivity index (χ0) is 19.9. The van der Waals surface area contributed by atoms with Crippen LogP contribution in [-0.2, 0) is 16.1 Å². The number of hydrogen-bond acceptors (Lipinski definition) is 3. The molecule has 1 fully saturated rings. The highest BCUT2D eigenvalue weighted by molar-refractivity contribution is 5.97. The Balaban J connectivity index is 1.60. The van der Waals surface area contributed by atoms with Crippen LogP contribution in [0.25, 0.3) is 0 Å². The van der Waals surface area contributed by atoms with Crippen LogP contribution in [0.3, 0.4) is 0 Å². The van der Waals surface area contributed by atoms with Gasteiger partial charge in [-0.05, 0) is 56.0 Å². The van der Waals surface area contributed by atoms with E-state index in [0.717, 1.165) is 29.9 Å². The largest absolute Gasteiger partial charge is 0.372 e. The average molecular weight is 380 g/mol. The molecule has 2 amide bonds. The molecule has 5 heteroatoms. The molecule has 1 aliphatic rings. The van der Waals surface area contributed by atoms with Gasteiger partial charge in [0.2, 0.25) is 11.8 Å². The molecule has 0 aromatic heterocycles. The second kappa shape index (κ2) is 9.40. The van der Waals surface area contributed by atoms with Gasteiger partial charge in [-0.2, -0.15) is 0 Å². The number of nitrogens with zero attached hydrogens (tertiary/aromatic N) is 2. The summed E-state index contributed by atoms with van der Waals surface area (Å²) in [6.07, 6.45) is 3.75. The molecule has 0 unspecified atom stereocenters. The van der Waals surface area contributed by atoms with Gasteiger partial charge in [0.15, 0.2) is 0 Å². The number of amides is 2. The monoisotopic (exact) mass is 379 g/mol. The van der Waals surface area contributed by atoms with Crippen molar-refractivity contribution in [3.8, 4) is 0 Å². The van der Waals surface area contributed by atoms with Crippen LogP contribution in [0, 0.1) is 6.92 Å². The number of carbonyl (C=O) groups excluding carboxylic acids is 2. The van der Waals surface area contributed by atoms with Crippen molar-refractivity contribution in [2.75, 3.05) is 29.4 Å². The third-order valence-electron chi connectivity index (χ3n) is 5.14. The highest BCUT2D eigenvalue weighted by Gasteiger charge is 2.17. The van der Waals surface area contributed by atoms with E-state index in [-0.39, 0.29) is 18.4 Å². The first-order valence-corrected chi connectivity index (χ1v) is 9.98. The Morgan fingerprint density at radius 1 is 1.04 bits per heavy atom. The van der Waals surface area contributed by atoms with Crippen LogP contribution in [-0.4, -0.2) is 31.4 Å². The summed E-state index contributed by atoms with van der Waals surface area (Å²) in [6, 6.07) is 16.0. The van der Waals surface area contributed by atoms with Crippen molar-refractivity contribution < 1.29 is 9.59 Å². The van der Waals surface area contributed by atoms with Crippen LogP contribution in [0.2, 0.25) is 0 Å². The van der Waals surface area contributed by atoms with Crippen LogP contribution in [0.4, 0.5) is 11.4 Å². The second-order valence-corrected chi connectivity index (χ2v) is 7.44. The molecule has 1 saturated heterocycles. The maximum absolute atomic E-state index is 12.4. The molecule has 0 radical (unpaired) electrons. The molecular weight excluding hydrogens is 350 g/mol. The summed E-state index contributed by atoms with van der Waals surface area (Å²) in [4.78, 5) is 28.4. The lowest BCUT2D eigenvalue weighted by molar-refractivity contribution is -0.123. The Hall–Kier alpha value is -2.82. The lowest BCUT2D eigenvalue weighted by Gasteiger charge is -2.29. The summed E-state index contributed by atoms with van der Waals surface area (Å²) in [5.41, 5.74) is 4.13. The molecule has 1 heterocycles. The fourth-order valence-corrected chi connectivity index (χ4v) is 3.60. The van der Waals surface area contributed by atoms with E-state index < -0.39 is 0 Å². The zero-order valence-electron chi connectivity index (χ0n) is 16.8. The van der Waals surface area contributed by atoms with E-state index in [0.29, 0.717) is 6.54 Å². The molecule has 0 atom stereocenters. The molecule has 0 aliphatic carbocycles. The first-order valence-electron chi connectivity index (χ1n) is 9.98. The standard InChI is InChI=1S/C23H29N3O2/c1-18-7-6-8-20(15-18)16-24-23(28)17-26(19(2)27)22-11-9-21(10-12-22)25-13-4-3-5-14-25/h6-12,15H,3-5,13-14,16-17H2,1-2H3,(H,24,28). The van der Waals surface area contributed by atoms with Crippen LogP contribution in [0.15, 0.2) is 48.5 Å². The van der Waals surface area contributed by atoms with Gasteiger partial charge in [-0.3, -0.25) is 9.59 Å². The third-order valence-corrected chi connectivity index (χ3v) is 5.14. The lowest BCUT2D eigenvalue weighted by Crippen LogP contribution is -2.39. The van der Waals surface area contributed by atoms with Crippen molar-refractivity contribution in [2.24, 2.45) is 0 Å². The van der Waals surface area contributed by atoms with Crippen molar-refractivity contribution >= 4 is 23.2 Å². The summed E-state index contributed by atoms with van der Waals surface area (Å²) in [7, 11) is 0. The van der Waals surface area contributed by atoms with Gasteiger partial charge < -0.3 is 15.1 Å². The molecule has 0 saturated carbocycles. The van der Waals surface area contributed by atoms with Crippen molar-refractivity contribution in [1.82, 2.24) is 5.32 Å². The second-order valence-electron chi connectivity index (χ2n) is 7.44. The highest BCUT2D eigenvalue weighted by Crippen LogP contribution is 2.23. The summed E-state index contributed by atoms with van der Waals surface area (Å²) in [6.45, 7) is 6.15.